The van der Waals surface area contributed by atoms with Crippen LogP contribution in [0.2, 0.25) is 0 Å². The Hall–Kier alpha value is -3.87. The molecule has 0 saturated carbocycles. The van der Waals surface area contributed by atoms with Gasteiger partial charge in [-0.05, 0) is 63.1 Å². The summed E-state index contributed by atoms with van der Waals surface area (Å²) in [6.45, 7) is 8.93. The molecule has 0 aliphatic rings. The van der Waals surface area contributed by atoms with E-state index in [9.17, 15) is 4.79 Å². The van der Waals surface area contributed by atoms with Crippen LogP contribution in [0.5, 0.6) is 11.5 Å². The molecule has 4 aromatic rings. The van der Waals surface area contributed by atoms with Gasteiger partial charge >= 0.3 is 5.97 Å². The number of carbonyl (C=O) groups is 1. The fraction of sp³-hybridized carbons (Fsp3) is 0.345. The first-order valence-electron chi connectivity index (χ1n) is 12.0. The minimum absolute atomic E-state index is 0.353. The van der Waals surface area contributed by atoms with Crippen molar-refractivity contribution in [1.29, 1.82) is 0 Å². The fourth-order valence-corrected chi connectivity index (χ4v) is 4.17. The van der Waals surface area contributed by atoms with E-state index in [0.29, 0.717) is 12.1 Å². The lowest BCUT2D eigenvalue weighted by molar-refractivity contribution is 0.0601. The number of carbonyl (C=O) groups excluding carboxylic acids is 1. The lowest BCUT2D eigenvalue weighted by Crippen LogP contribution is -2.03. The number of hydrogen-bond acceptors (Lipinski definition) is 6. The van der Waals surface area contributed by atoms with E-state index in [-0.39, 0.29) is 5.97 Å². The van der Waals surface area contributed by atoms with Gasteiger partial charge < -0.3 is 18.8 Å². The molecule has 0 amide bonds. The van der Waals surface area contributed by atoms with E-state index < -0.39 is 0 Å². The first kappa shape index (κ1) is 26.7. The van der Waals surface area contributed by atoms with Crippen molar-refractivity contribution in [2.75, 3.05) is 21.3 Å². The molecule has 0 bridgehead atoms. The topological polar surface area (TPSA) is 75.5 Å². The summed E-state index contributed by atoms with van der Waals surface area (Å²) in [5.74, 6) is 2.37. The Labute approximate surface area is 213 Å². The average molecular weight is 490 g/mol. The van der Waals surface area contributed by atoms with Gasteiger partial charge in [-0.2, -0.15) is 0 Å². The Kier molecular flexibility index (Phi) is 9.06. The van der Waals surface area contributed by atoms with Crippen LogP contribution in [0.15, 0.2) is 48.7 Å². The number of aryl methyl sites for hydroxylation is 3. The number of imidazole rings is 1. The maximum absolute atomic E-state index is 11.6. The van der Waals surface area contributed by atoms with Gasteiger partial charge in [0.15, 0.2) is 0 Å². The maximum atomic E-state index is 11.6. The van der Waals surface area contributed by atoms with E-state index in [2.05, 4.69) is 28.4 Å². The predicted octanol–water partition coefficient (Wildman–Crippen LogP) is 5.85. The lowest BCUT2D eigenvalue weighted by atomic mass is 10.1. The van der Waals surface area contributed by atoms with Crippen molar-refractivity contribution in [2.45, 2.75) is 47.1 Å². The second-order valence-electron chi connectivity index (χ2n) is 8.58. The summed E-state index contributed by atoms with van der Waals surface area (Å²) in [6.07, 6.45) is 4.04. The van der Waals surface area contributed by atoms with Crippen molar-refractivity contribution >= 4 is 17.0 Å². The SMILES string of the molecule is CCCc1ncc(C)c(OC)c1C.COC(=O)c1ccc2c(c1)nc(C)n2Cc1ccc(OC)cc1. The third kappa shape index (κ3) is 6.03. The van der Waals surface area contributed by atoms with Crippen molar-refractivity contribution in [3.05, 3.63) is 82.4 Å². The quantitative estimate of drug-likeness (QED) is 0.303. The van der Waals surface area contributed by atoms with Crippen LogP contribution < -0.4 is 9.47 Å². The molecular weight excluding hydrogens is 454 g/mol. The van der Waals surface area contributed by atoms with Crippen molar-refractivity contribution in [3.8, 4) is 11.5 Å². The molecule has 0 spiro atoms. The monoisotopic (exact) mass is 489 g/mol. The van der Waals surface area contributed by atoms with E-state index in [0.717, 1.165) is 58.0 Å². The highest BCUT2D eigenvalue weighted by molar-refractivity contribution is 5.93. The Morgan fingerprint density at radius 2 is 1.69 bits per heavy atom. The Bertz CT molecular complexity index is 1330. The number of benzene rings is 2. The molecule has 0 fully saturated rings. The highest BCUT2D eigenvalue weighted by atomic mass is 16.5. The van der Waals surface area contributed by atoms with Gasteiger partial charge in [0.1, 0.15) is 17.3 Å². The standard InChI is InChI=1S/C18H18N2O3.C11H17NO/c1-12-19-16-10-14(18(21)23-3)6-9-17(16)20(12)11-13-4-7-15(22-2)8-5-13;1-5-6-10-9(3)11(13-4)8(2)7-12-10/h4-10H,11H2,1-3H3;7H,5-6H2,1-4H3. The molecule has 2 aromatic heterocycles. The molecule has 0 saturated heterocycles. The first-order valence-corrected chi connectivity index (χ1v) is 12.0. The fourth-order valence-electron chi connectivity index (χ4n) is 4.17. The number of esters is 1. The van der Waals surface area contributed by atoms with Crippen molar-refractivity contribution < 1.29 is 19.0 Å². The van der Waals surface area contributed by atoms with Crippen LogP contribution in [0.1, 0.15) is 51.9 Å². The van der Waals surface area contributed by atoms with Crippen molar-refractivity contribution in [2.24, 2.45) is 0 Å². The van der Waals surface area contributed by atoms with E-state index >= 15 is 0 Å². The van der Waals surface area contributed by atoms with Crippen molar-refractivity contribution in [3.63, 3.8) is 0 Å². The maximum Gasteiger partial charge on any atom is 0.337 e. The zero-order valence-electron chi connectivity index (χ0n) is 22.2. The molecule has 0 atom stereocenters. The van der Waals surface area contributed by atoms with E-state index in [4.69, 9.17) is 14.2 Å². The second kappa shape index (κ2) is 12.2. The molecule has 0 unspecified atom stereocenters. The molecule has 190 valence electrons. The number of fused-ring (bicyclic) bond motifs is 1. The number of nitrogens with zero attached hydrogens (tertiary/aromatic N) is 3. The van der Waals surface area contributed by atoms with Crippen LogP contribution in [-0.4, -0.2) is 41.8 Å². The Morgan fingerprint density at radius 1 is 0.972 bits per heavy atom. The van der Waals surface area contributed by atoms with Gasteiger partial charge in [0, 0.05) is 29.6 Å². The summed E-state index contributed by atoms with van der Waals surface area (Å²) in [5.41, 5.74) is 6.90. The summed E-state index contributed by atoms with van der Waals surface area (Å²) in [5, 5.41) is 0. The zero-order valence-corrected chi connectivity index (χ0v) is 22.2. The number of ether oxygens (including phenoxy) is 3. The van der Waals surface area contributed by atoms with Crippen LogP contribution >= 0.6 is 0 Å². The second-order valence-corrected chi connectivity index (χ2v) is 8.58. The molecule has 0 radical (unpaired) electrons. The van der Waals surface area contributed by atoms with Crippen LogP contribution in [-0.2, 0) is 17.7 Å². The highest BCUT2D eigenvalue weighted by Crippen LogP contribution is 2.24. The molecule has 2 heterocycles. The van der Waals surface area contributed by atoms with Gasteiger partial charge in [0.05, 0.1) is 37.9 Å². The number of pyridine rings is 1. The third-order valence-electron chi connectivity index (χ3n) is 6.10. The van der Waals surface area contributed by atoms with Crippen LogP contribution in [0.25, 0.3) is 11.0 Å². The Morgan fingerprint density at radius 3 is 2.31 bits per heavy atom. The molecule has 7 nitrogen and oxygen atoms in total. The summed E-state index contributed by atoms with van der Waals surface area (Å²) >= 11 is 0. The smallest absolute Gasteiger partial charge is 0.337 e. The molecule has 7 heteroatoms. The van der Waals surface area contributed by atoms with Crippen LogP contribution in [0.4, 0.5) is 0 Å². The molecule has 2 aromatic carbocycles. The summed E-state index contributed by atoms with van der Waals surface area (Å²) in [4.78, 5) is 20.6. The summed E-state index contributed by atoms with van der Waals surface area (Å²) < 4.78 is 17.4. The minimum atomic E-state index is -0.353. The van der Waals surface area contributed by atoms with Gasteiger partial charge in [-0.15, -0.1) is 0 Å². The van der Waals surface area contributed by atoms with Crippen LogP contribution in [0, 0.1) is 20.8 Å². The molecule has 36 heavy (non-hydrogen) atoms. The summed E-state index contributed by atoms with van der Waals surface area (Å²) in [7, 11) is 4.74. The largest absolute Gasteiger partial charge is 0.497 e. The normalized spacial score (nSPS) is 10.5. The molecule has 0 aliphatic heterocycles. The molecule has 4 rings (SSSR count). The highest BCUT2D eigenvalue weighted by Gasteiger charge is 2.12. The van der Waals surface area contributed by atoms with Gasteiger partial charge in [-0.25, -0.2) is 9.78 Å². The molecular formula is C29H35N3O4. The van der Waals surface area contributed by atoms with Gasteiger partial charge in [0.25, 0.3) is 0 Å². The van der Waals surface area contributed by atoms with E-state index in [1.54, 1.807) is 26.4 Å². The van der Waals surface area contributed by atoms with Crippen molar-refractivity contribution in [1.82, 2.24) is 14.5 Å². The first-order chi connectivity index (χ1) is 17.3. The zero-order chi connectivity index (χ0) is 26.2. The van der Waals surface area contributed by atoms with Gasteiger partial charge in [-0.1, -0.05) is 25.5 Å². The summed E-state index contributed by atoms with van der Waals surface area (Å²) in [6, 6.07) is 13.4. The van der Waals surface area contributed by atoms with Gasteiger partial charge in [0.2, 0.25) is 0 Å². The average Bonchev–Trinajstić information content (AvgIpc) is 3.20. The predicted molar refractivity (Wildman–Crippen MR) is 142 cm³/mol. The number of aromatic nitrogens is 3. The lowest BCUT2D eigenvalue weighted by Gasteiger charge is -2.11. The number of hydrogen-bond donors (Lipinski definition) is 0. The molecule has 0 N–H and O–H groups in total. The number of rotatable bonds is 7. The third-order valence-corrected chi connectivity index (χ3v) is 6.10. The Balaban J connectivity index is 0.000000236. The minimum Gasteiger partial charge on any atom is -0.497 e. The van der Waals surface area contributed by atoms with E-state index in [1.165, 1.54) is 12.7 Å². The van der Waals surface area contributed by atoms with Crippen LogP contribution in [0.3, 0.4) is 0 Å². The molecule has 0 aliphatic carbocycles. The van der Waals surface area contributed by atoms with Gasteiger partial charge in [-0.3, -0.25) is 4.98 Å². The number of methoxy groups -OCH3 is 3. The van der Waals surface area contributed by atoms with E-state index in [1.807, 2.05) is 50.4 Å².